The zero-order valence-electron chi connectivity index (χ0n) is 8.44. The minimum absolute atomic E-state index is 0.0837. The van der Waals surface area contributed by atoms with Crippen molar-refractivity contribution in [2.75, 3.05) is 26.2 Å². The van der Waals surface area contributed by atoms with Gasteiger partial charge in [-0.1, -0.05) is 0 Å². The van der Waals surface area contributed by atoms with Crippen LogP contribution in [0.25, 0.3) is 0 Å². The average molecular weight is 207 g/mol. The summed E-state index contributed by atoms with van der Waals surface area (Å²) in [6.07, 6.45) is 1.83. The first-order valence-electron chi connectivity index (χ1n) is 5.04. The van der Waals surface area contributed by atoms with E-state index in [1.807, 2.05) is 6.07 Å². The molecule has 0 aliphatic carbocycles. The largest absolute Gasteiger partial charge is 0.342 e. The van der Waals surface area contributed by atoms with Gasteiger partial charge >= 0.3 is 0 Å². The van der Waals surface area contributed by atoms with Crippen LogP contribution in [-0.4, -0.2) is 42.6 Å². The highest BCUT2D eigenvalue weighted by Gasteiger charge is 2.42. The fraction of sp³-hybridized carbons (Fsp3) is 0.778. The van der Waals surface area contributed by atoms with Gasteiger partial charge in [-0.2, -0.15) is 15.5 Å². The number of likely N-dealkylation sites (tertiary alicyclic amines) is 1. The van der Waals surface area contributed by atoms with Gasteiger partial charge in [0.05, 0.1) is 12.6 Å². The minimum atomic E-state index is -0.0859. The highest BCUT2D eigenvalue weighted by molar-refractivity contribution is 5.78. The number of piperidine rings is 1. The summed E-state index contributed by atoms with van der Waals surface area (Å²) in [6.45, 7) is 2.17. The highest BCUT2D eigenvalue weighted by atomic mass is 16.2. The molecule has 1 fully saturated rings. The summed E-state index contributed by atoms with van der Waals surface area (Å²) in [6, 6.07) is 1.88. The van der Waals surface area contributed by atoms with Crippen molar-refractivity contribution in [2.45, 2.75) is 18.5 Å². The van der Waals surface area contributed by atoms with E-state index in [9.17, 15) is 4.79 Å². The number of rotatable bonds is 3. The van der Waals surface area contributed by atoms with Crippen LogP contribution in [0.2, 0.25) is 0 Å². The van der Waals surface area contributed by atoms with Gasteiger partial charge in [-0.05, 0) is 0 Å². The monoisotopic (exact) mass is 207 g/mol. The summed E-state index contributed by atoms with van der Waals surface area (Å²) in [5.74, 6) is -0.0859. The van der Waals surface area contributed by atoms with E-state index in [1.165, 1.54) is 0 Å². The standard InChI is InChI=1S/C9H13N5O/c10-3-4-11-8(15)7-14-5-1-9(2-6-14)12-13-9/h1-2,4-7H2,(H,11,15). The van der Waals surface area contributed by atoms with Gasteiger partial charge in [-0.25, -0.2) is 0 Å². The van der Waals surface area contributed by atoms with Gasteiger partial charge in [0.25, 0.3) is 0 Å². The van der Waals surface area contributed by atoms with E-state index in [-0.39, 0.29) is 18.1 Å². The fourth-order valence-electron chi connectivity index (χ4n) is 1.74. The maximum atomic E-state index is 11.3. The molecule has 2 rings (SSSR count). The van der Waals surface area contributed by atoms with E-state index < -0.39 is 0 Å². The van der Waals surface area contributed by atoms with E-state index in [0.29, 0.717) is 6.54 Å². The Labute approximate surface area is 88.0 Å². The van der Waals surface area contributed by atoms with Crippen molar-refractivity contribution < 1.29 is 4.79 Å². The van der Waals surface area contributed by atoms with Crippen LogP contribution in [-0.2, 0) is 4.79 Å². The summed E-state index contributed by atoms with van der Waals surface area (Å²) in [5.41, 5.74) is -0.0837. The number of hydrogen-bond acceptors (Lipinski definition) is 5. The van der Waals surface area contributed by atoms with Gasteiger partial charge < -0.3 is 5.32 Å². The number of nitriles is 1. The molecule has 0 aromatic heterocycles. The number of carbonyl (C=O) groups excluding carboxylic acids is 1. The minimum Gasteiger partial charge on any atom is -0.342 e. The molecule has 2 aliphatic heterocycles. The molecule has 0 radical (unpaired) electrons. The molecule has 0 unspecified atom stereocenters. The molecular weight excluding hydrogens is 194 g/mol. The van der Waals surface area contributed by atoms with Crippen LogP contribution in [0, 0.1) is 11.3 Å². The zero-order valence-corrected chi connectivity index (χ0v) is 8.44. The second-order valence-electron chi connectivity index (χ2n) is 3.89. The van der Waals surface area contributed by atoms with Gasteiger partial charge in [-0.15, -0.1) is 0 Å². The molecular formula is C9H13N5O. The van der Waals surface area contributed by atoms with Crippen LogP contribution in [0.1, 0.15) is 12.8 Å². The SMILES string of the molecule is N#CCNC(=O)CN1CCC2(CC1)N=N2. The molecule has 0 aromatic rings. The van der Waals surface area contributed by atoms with Crippen molar-refractivity contribution in [3.8, 4) is 6.07 Å². The number of nitrogens with zero attached hydrogens (tertiary/aromatic N) is 4. The molecule has 6 heteroatoms. The number of amides is 1. The molecule has 0 atom stereocenters. The number of hydrogen-bond donors (Lipinski definition) is 1. The molecule has 15 heavy (non-hydrogen) atoms. The summed E-state index contributed by atoms with van der Waals surface area (Å²) in [4.78, 5) is 13.4. The van der Waals surface area contributed by atoms with Crippen molar-refractivity contribution in [1.82, 2.24) is 10.2 Å². The maximum Gasteiger partial charge on any atom is 0.235 e. The van der Waals surface area contributed by atoms with Crippen molar-refractivity contribution >= 4 is 5.91 Å². The van der Waals surface area contributed by atoms with Crippen LogP contribution in [0.4, 0.5) is 0 Å². The summed E-state index contributed by atoms with van der Waals surface area (Å²) < 4.78 is 0. The van der Waals surface area contributed by atoms with Crippen LogP contribution in [0.15, 0.2) is 10.2 Å². The second-order valence-corrected chi connectivity index (χ2v) is 3.89. The lowest BCUT2D eigenvalue weighted by atomic mass is 10.0. The molecule has 0 saturated carbocycles. The van der Waals surface area contributed by atoms with E-state index >= 15 is 0 Å². The highest BCUT2D eigenvalue weighted by Crippen LogP contribution is 2.38. The first-order chi connectivity index (χ1) is 7.24. The Bertz CT molecular complexity index is 316. The molecule has 0 aromatic carbocycles. The Morgan fingerprint density at radius 3 is 2.67 bits per heavy atom. The molecule has 1 spiro atoms. The maximum absolute atomic E-state index is 11.3. The Kier molecular flexibility index (Phi) is 2.64. The summed E-state index contributed by atoms with van der Waals surface area (Å²) in [5, 5.41) is 18.8. The third kappa shape index (κ3) is 2.50. The molecule has 80 valence electrons. The lowest BCUT2D eigenvalue weighted by Crippen LogP contribution is -2.43. The van der Waals surface area contributed by atoms with Gasteiger partial charge in [0.1, 0.15) is 6.54 Å². The lowest BCUT2D eigenvalue weighted by Gasteiger charge is -2.28. The van der Waals surface area contributed by atoms with Gasteiger partial charge in [0.2, 0.25) is 5.91 Å². The molecule has 6 nitrogen and oxygen atoms in total. The number of nitrogens with one attached hydrogen (secondary N) is 1. The van der Waals surface area contributed by atoms with Crippen LogP contribution >= 0.6 is 0 Å². The fourth-order valence-corrected chi connectivity index (χ4v) is 1.74. The Balaban J connectivity index is 1.68. The van der Waals surface area contributed by atoms with Crippen molar-refractivity contribution in [2.24, 2.45) is 10.2 Å². The van der Waals surface area contributed by atoms with Gasteiger partial charge in [0.15, 0.2) is 5.66 Å². The normalized spacial score (nSPS) is 22.3. The third-order valence-electron chi connectivity index (χ3n) is 2.77. The molecule has 0 bridgehead atoms. The first-order valence-corrected chi connectivity index (χ1v) is 5.04. The van der Waals surface area contributed by atoms with Crippen LogP contribution < -0.4 is 5.32 Å². The van der Waals surface area contributed by atoms with E-state index in [2.05, 4.69) is 20.4 Å². The third-order valence-corrected chi connectivity index (χ3v) is 2.77. The molecule has 1 N–H and O–H groups in total. The average Bonchev–Trinajstić information content (AvgIpc) is 2.99. The predicted molar refractivity (Wildman–Crippen MR) is 51.9 cm³/mol. The van der Waals surface area contributed by atoms with E-state index in [1.54, 1.807) is 0 Å². The first kappa shape index (κ1) is 10.1. The lowest BCUT2D eigenvalue weighted by molar-refractivity contribution is -0.122. The Hall–Kier alpha value is -1.48. The van der Waals surface area contributed by atoms with Crippen LogP contribution in [0.3, 0.4) is 0 Å². The van der Waals surface area contributed by atoms with Crippen molar-refractivity contribution in [1.29, 1.82) is 5.26 Å². The van der Waals surface area contributed by atoms with E-state index in [4.69, 9.17) is 5.26 Å². The Morgan fingerprint density at radius 1 is 1.47 bits per heavy atom. The smallest absolute Gasteiger partial charge is 0.235 e. The quantitative estimate of drug-likeness (QED) is 0.655. The Morgan fingerprint density at radius 2 is 2.13 bits per heavy atom. The van der Waals surface area contributed by atoms with Gasteiger partial charge in [0, 0.05) is 25.9 Å². The predicted octanol–water partition coefficient (Wildman–Crippen LogP) is -0.116. The van der Waals surface area contributed by atoms with Gasteiger partial charge in [-0.3, -0.25) is 9.69 Å². The zero-order chi connectivity index (χ0) is 10.7. The topological polar surface area (TPSA) is 80.9 Å². The van der Waals surface area contributed by atoms with E-state index in [0.717, 1.165) is 25.9 Å². The molecule has 2 heterocycles. The summed E-state index contributed by atoms with van der Waals surface area (Å²) in [7, 11) is 0. The molecule has 1 amide bonds. The van der Waals surface area contributed by atoms with Crippen LogP contribution in [0.5, 0.6) is 0 Å². The molecule has 2 aliphatic rings. The van der Waals surface area contributed by atoms with Crippen molar-refractivity contribution in [3.63, 3.8) is 0 Å². The second kappa shape index (κ2) is 3.95. The molecule has 1 saturated heterocycles. The summed E-state index contributed by atoms with van der Waals surface area (Å²) >= 11 is 0. The van der Waals surface area contributed by atoms with Crippen molar-refractivity contribution in [3.05, 3.63) is 0 Å². The number of carbonyl (C=O) groups is 1.